The Morgan fingerprint density at radius 2 is 1.51 bits per heavy atom. The topological polar surface area (TPSA) is 50.2 Å². The molecule has 0 aliphatic rings. The molecule has 3 rings (SSSR count). The van der Waals surface area contributed by atoms with Crippen LogP contribution in [0.5, 0.6) is 0 Å². The van der Waals surface area contributed by atoms with Crippen LogP contribution in [0.4, 0.5) is 30.7 Å². The summed E-state index contributed by atoms with van der Waals surface area (Å²) in [6.07, 6.45) is -11.6. The summed E-state index contributed by atoms with van der Waals surface area (Å²) in [6.45, 7) is 3.30. The molecule has 1 heterocycles. The van der Waals surface area contributed by atoms with Gasteiger partial charge in [0.05, 0.1) is 6.20 Å². The number of aromatic nitrogens is 1. The first-order valence-corrected chi connectivity index (χ1v) is 10.4. The number of rotatable bonds is 6. The smallest absolute Gasteiger partial charge is 0.369 e. The van der Waals surface area contributed by atoms with Crippen LogP contribution in [-0.4, -0.2) is 28.2 Å². The molecule has 0 saturated carbocycles. The van der Waals surface area contributed by atoms with Gasteiger partial charge in [-0.05, 0) is 48.4 Å². The largest absolute Gasteiger partial charge is 0.430 e. The van der Waals surface area contributed by atoms with Gasteiger partial charge in [0, 0.05) is 29.2 Å². The molecule has 0 radical (unpaired) electrons. The zero-order valence-corrected chi connectivity index (χ0v) is 18.5. The molecule has 1 N–H and O–H groups in total. The van der Waals surface area contributed by atoms with Crippen molar-refractivity contribution in [3.8, 4) is 11.1 Å². The second-order valence-corrected chi connectivity index (χ2v) is 8.30. The average Bonchev–Trinajstić information content (AvgIpc) is 2.77. The van der Waals surface area contributed by atoms with Gasteiger partial charge in [-0.1, -0.05) is 36.8 Å². The van der Waals surface area contributed by atoms with Crippen molar-refractivity contribution in [3.05, 3.63) is 89.0 Å². The zero-order chi connectivity index (χ0) is 26.2. The third kappa shape index (κ3) is 5.37. The third-order valence-electron chi connectivity index (χ3n) is 5.62. The number of hydrogen-bond acceptors (Lipinski definition) is 3. The monoisotopic (exact) mass is 499 g/mol. The van der Waals surface area contributed by atoms with Gasteiger partial charge in [-0.2, -0.15) is 26.3 Å². The van der Waals surface area contributed by atoms with E-state index in [1.807, 2.05) is 0 Å². The maximum absolute atomic E-state index is 13.6. The van der Waals surface area contributed by atoms with E-state index < -0.39 is 46.6 Å². The van der Waals surface area contributed by atoms with E-state index in [9.17, 15) is 40.6 Å². The molecule has 0 aliphatic carbocycles. The maximum atomic E-state index is 13.6. The molecule has 0 fully saturated rings. The summed E-state index contributed by atoms with van der Waals surface area (Å²) in [6, 6.07) is 10.8. The number of pyridine rings is 1. The molecule has 0 unspecified atom stereocenters. The van der Waals surface area contributed by atoms with Crippen LogP contribution in [0.1, 0.15) is 46.4 Å². The molecule has 0 aliphatic heterocycles. The van der Waals surface area contributed by atoms with E-state index in [4.69, 9.17) is 0 Å². The van der Waals surface area contributed by atoms with E-state index in [1.54, 1.807) is 26.0 Å². The number of hydrogen-bond donors (Lipinski definition) is 1. The van der Waals surface area contributed by atoms with Crippen LogP contribution in [0.15, 0.2) is 60.8 Å². The lowest BCUT2D eigenvalue weighted by Gasteiger charge is -2.33. The standard InChI is InChI=1S/C25H20F7NO2/c1-14-3-5-16(6-4-14)17-10-18(22(34)9-15(2)21-8-7-20(26)13-33-21)12-19(11-17)23(35,24(27,28)29)25(30,31)32/h3-8,10-13,15,35H,9H2,1-2H3/t15-/m0/s1. The fourth-order valence-electron chi connectivity index (χ4n) is 3.58. The fourth-order valence-corrected chi connectivity index (χ4v) is 3.58. The Morgan fingerprint density at radius 1 is 0.914 bits per heavy atom. The first kappa shape index (κ1) is 26.3. The number of benzene rings is 2. The molecule has 3 nitrogen and oxygen atoms in total. The molecule has 1 aromatic heterocycles. The molecular weight excluding hydrogens is 479 g/mol. The first-order valence-electron chi connectivity index (χ1n) is 10.4. The Morgan fingerprint density at radius 3 is 2.03 bits per heavy atom. The van der Waals surface area contributed by atoms with Crippen LogP contribution < -0.4 is 0 Å². The van der Waals surface area contributed by atoms with Crippen molar-refractivity contribution in [3.63, 3.8) is 0 Å². The molecule has 0 saturated heterocycles. The van der Waals surface area contributed by atoms with Crippen molar-refractivity contribution >= 4 is 5.78 Å². The van der Waals surface area contributed by atoms with Crippen molar-refractivity contribution in [2.24, 2.45) is 0 Å². The van der Waals surface area contributed by atoms with Crippen molar-refractivity contribution in [1.29, 1.82) is 0 Å². The lowest BCUT2D eigenvalue weighted by atomic mass is 9.86. The lowest BCUT2D eigenvalue weighted by Crippen LogP contribution is -2.54. The van der Waals surface area contributed by atoms with Gasteiger partial charge < -0.3 is 5.11 Å². The Labute approximate surface area is 196 Å². The van der Waals surface area contributed by atoms with Gasteiger partial charge in [0.1, 0.15) is 5.82 Å². The summed E-state index contributed by atoms with van der Waals surface area (Å²) in [4.78, 5) is 16.8. The molecule has 10 heteroatoms. The highest BCUT2D eigenvalue weighted by molar-refractivity contribution is 5.98. The molecule has 0 amide bonds. The summed E-state index contributed by atoms with van der Waals surface area (Å²) in [7, 11) is 0. The minimum atomic E-state index is -6.11. The number of alkyl halides is 6. The SMILES string of the molecule is Cc1ccc(-c2cc(C(=O)C[C@H](C)c3ccc(F)cn3)cc(C(O)(C(F)(F)F)C(F)(F)F)c2)cc1. The van der Waals surface area contributed by atoms with Gasteiger partial charge in [-0.25, -0.2) is 4.39 Å². The van der Waals surface area contributed by atoms with Crippen LogP contribution in [0.3, 0.4) is 0 Å². The number of carbonyl (C=O) groups is 1. The van der Waals surface area contributed by atoms with Crippen molar-refractivity contribution in [2.75, 3.05) is 0 Å². The first-order chi connectivity index (χ1) is 16.1. The average molecular weight is 499 g/mol. The number of aliphatic hydroxyl groups is 1. The van der Waals surface area contributed by atoms with Gasteiger partial charge in [-0.15, -0.1) is 0 Å². The zero-order valence-electron chi connectivity index (χ0n) is 18.5. The quantitative estimate of drug-likeness (QED) is 0.297. The highest BCUT2D eigenvalue weighted by Crippen LogP contribution is 2.50. The number of ketones is 1. The molecule has 1 atom stereocenters. The molecule has 2 aromatic carbocycles. The molecule has 0 bridgehead atoms. The minimum absolute atomic E-state index is 0.106. The van der Waals surface area contributed by atoms with Crippen LogP contribution in [-0.2, 0) is 5.60 Å². The van der Waals surface area contributed by atoms with Gasteiger partial charge in [0.2, 0.25) is 0 Å². The van der Waals surface area contributed by atoms with Crippen molar-refractivity contribution in [2.45, 2.75) is 44.1 Å². The van der Waals surface area contributed by atoms with Crippen molar-refractivity contribution in [1.82, 2.24) is 4.98 Å². The Balaban J connectivity index is 2.13. The molecule has 35 heavy (non-hydrogen) atoms. The number of nitrogens with zero attached hydrogens (tertiary/aromatic N) is 1. The Kier molecular flexibility index (Phi) is 7.08. The van der Waals surface area contributed by atoms with E-state index in [2.05, 4.69) is 4.98 Å². The van der Waals surface area contributed by atoms with E-state index >= 15 is 0 Å². The molecule has 3 aromatic rings. The Bertz CT molecular complexity index is 1190. The lowest BCUT2D eigenvalue weighted by molar-refractivity contribution is -0.376. The summed E-state index contributed by atoms with van der Waals surface area (Å²) in [5.41, 5.74) is -5.90. The summed E-state index contributed by atoms with van der Waals surface area (Å²) in [5.74, 6) is -1.99. The van der Waals surface area contributed by atoms with E-state index in [0.29, 0.717) is 17.8 Å². The highest BCUT2D eigenvalue weighted by atomic mass is 19.4. The Hall–Kier alpha value is -3.27. The summed E-state index contributed by atoms with van der Waals surface area (Å²) in [5, 5.41) is 9.96. The molecule has 0 spiro atoms. The summed E-state index contributed by atoms with van der Waals surface area (Å²) >= 11 is 0. The van der Waals surface area contributed by atoms with E-state index in [-0.39, 0.29) is 17.5 Å². The number of aryl methyl sites for hydroxylation is 1. The second-order valence-electron chi connectivity index (χ2n) is 8.30. The second kappa shape index (κ2) is 9.41. The predicted octanol–water partition coefficient (Wildman–Crippen LogP) is 6.88. The highest BCUT2D eigenvalue weighted by Gasteiger charge is 2.71. The van der Waals surface area contributed by atoms with Gasteiger partial charge in [0.15, 0.2) is 5.78 Å². The number of carbonyl (C=O) groups excluding carboxylic acids is 1. The van der Waals surface area contributed by atoms with Gasteiger partial charge in [0.25, 0.3) is 5.60 Å². The van der Waals surface area contributed by atoms with Crippen LogP contribution in [0.25, 0.3) is 11.1 Å². The van der Waals surface area contributed by atoms with Crippen molar-refractivity contribution < 1.29 is 40.6 Å². The van der Waals surface area contributed by atoms with E-state index in [0.717, 1.165) is 17.8 Å². The minimum Gasteiger partial charge on any atom is -0.369 e. The molecule has 186 valence electrons. The van der Waals surface area contributed by atoms with Gasteiger partial charge in [-0.3, -0.25) is 9.78 Å². The number of halogens is 7. The fraction of sp³-hybridized carbons (Fsp3) is 0.280. The van der Waals surface area contributed by atoms with Crippen LogP contribution in [0.2, 0.25) is 0 Å². The normalized spacial score (nSPS) is 13.5. The maximum Gasteiger partial charge on any atom is 0.430 e. The van der Waals surface area contributed by atoms with E-state index in [1.165, 1.54) is 24.3 Å². The van der Waals surface area contributed by atoms with Crippen LogP contribution in [0, 0.1) is 12.7 Å². The van der Waals surface area contributed by atoms with Gasteiger partial charge >= 0.3 is 12.4 Å². The summed E-state index contributed by atoms with van der Waals surface area (Å²) < 4.78 is 94.6. The third-order valence-corrected chi connectivity index (χ3v) is 5.62. The molecular formula is C25H20F7NO2. The predicted molar refractivity (Wildman–Crippen MR) is 114 cm³/mol. The van der Waals surface area contributed by atoms with Crippen LogP contribution >= 0.6 is 0 Å². The number of Topliss-reactive ketones (excluding diaryl/α,β-unsaturated/α-hetero) is 1.